The van der Waals surface area contributed by atoms with Crippen molar-refractivity contribution in [2.24, 2.45) is 0 Å². The molecule has 0 aliphatic rings. The number of carbonyl (C=O) groups excluding carboxylic acids is 2. The number of benzene rings is 2. The van der Waals surface area contributed by atoms with Gasteiger partial charge in [-0.1, -0.05) is 23.7 Å². The van der Waals surface area contributed by atoms with E-state index in [0.717, 1.165) is 12.1 Å². The van der Waals surface area contributed by atoms with Gasteiger partial charge in [0.05, 0.1) is 17.0 Å². The molecule has 37 heavy (non-hydrogen) atoms. The highest BCUT2D eigenvalue weighted by atomic mass is 35.5. The Morgan fingerprint density at radius 1 is 1.08 bits per heavy atom. The van der Waals surface area contributed by atoms with Crippen LogP contribution >= 0.6 is 11.6 Å². The number of carbonyl (C=O) groups is 2. The number of halogens is 4. The molecule has 0 spiro atoms. The van der Waals surface area contributed by atoms with Gasteiger partial charge in [0.15, 0.2) is 0 Å². The second kappa shape index (κ2) is 10.8. The lowest BCUT2D eigenvalue weighted by atomic mass is 10.1. The molecule has 1 aromatic heterocycles. The molecule has 3 aromatic rings. The highest BCUT2D eigenvalue weighted by molar-refractivity contribution is 6.31. The van der Waals surface area contributed by atoms with E-state index in [2.05, 4.69) is 5.32 Å². The molecule has 0 fully saturated rings. The predicted octanol–water partition coefficient (Wildman–Crippen LogP) is 5.72. The van der Waals surface area contributed by atoms with Crippen molar-refractivity contribution in [3.05, 3.63) is 75.2 Å². The molecular formula is C26H27ClF3N3O4. The van der Waals surface area contributed by atoms with Gasteiger partial charge in [0.2, 0.25) is 5.91 Å². The van der Waals surface area contributed by atoms with Crippen LogP contribution in [0.4, 0.5) is 23.7 Å². The van der Waals surface area contributed by atoms with Gasteiger partial charge in [-0.2, -0.15) is 13.2 Å². The van der Waals surface area contributed by atoms with Crippen LogP contribution in [-0.2, 0) is 28.7 Å². The topological polar surface area (TPSA) is 80.6 Å². The van der Waals surface area contributed by atoms with Gasteiger partial charge in [-0.15, -0.1) is 0 Å². The molecule has 1 heterocycles. The SMILES string of the molecule is CN(CCn1ccc2c(NC(=O)Cc3ccc(Cl)c(C(F)(F)F)c3)cccc2c1=O)C(=O)OC(C)(C)C. The maximum Gasteiger partial charge on any atom is 0.417 e. The zero-order valence-corrected chi connectivity index (χ0v) is 21.5. The molecule has 198 valence electrons. The lowest BCUT2D eigenvalue weighted by molar-refractivity contribution is -0.137. The third-order valence-electron chi connectivity index (χ3n) is 5.37. The molecule has 2 aromatic carbocycles. The molecule has 0 atom stereocenters. The number of alkyl halides is 3. The average Bonchev–Trinajstić information content (AvgIpc) is 2.78. The first-order valence-corrected chi connectivity index (χ1v) is 11.8. The molecule has 0 bridgehead atoms. The molecule has 0 saturated heterocycles. The summed E-state index contributed by atoms with van der Waals surface area (Å²) in [6, 6.07) is 9.77. The molecule has 2 amide bonds. The number of fused-ring (bicyclic) bond motifs is 1. The number of pyridine rings is 1. The molecule has 0 aliphatic heterocycles. The summed E-state index contributed by atoms with van der Waals surface area (Å²) >= 11 is 5.64. The van der Waals surface area contributed by atoms with Crippen LogP contribution in [0.5, 0.6) is 0 Å². The Bertz CT molecular complexity index is 1380. The number of aromatic nitrogens is 1. The van der Waals surface area contributed by atoms with Crippen molar-refractivity contribution >= 4 is 40.1 Å². The largest absolute Gasteiger partial charge is 0.444 e. The van der Waals surface area contributed by atoms with Crippen LogP contribution < -0.4 is 10.9 Å². The van der Waals surface area contributed by atoms with E-state index in [9.17, 15) is 27.6 Å². The number of nitrogens with zero attached hydrogens (tertiary/aromatic N) is 2. The first-order chi connectivity index (χ1) is 17.2. The van der Waals surface area contributed by atoms with Crippen LogP contribution in [0.3, 0.4) is 0 Å². The standard InChI is InChI=1S/C26H27ClF3N3O4/c1-25(2,3)37-24(36)32(4)12-13-33-11-10-17-18(23(33)35)6-5-7-21(17)31-22(34)15-16-8-9-20(27)19(14-16)26(28,29)30/h5-11,14H,12-13,15H2,1-4H3,(H,31,34). The van der Waals surface area contributed by atoms with Gasteiger partial charge in [-0.3, -0.25) is 9.59 Å². The molecule has 1 N–H and O–H groups in total. The second-order valence-electron chi connectivity index (χ2n) is 9.52. The maximum absolute atomic E-state index is 13.1. The molecule has 0 aliphatic carbocycles. The Morgan fingerprint density at radius 2 is 1.78 bits per heavy atom. The zero-order chi connectivity index (χ0) is 27.5. The summed E-state index contributed by atoms with van der Waals surface area (Å²) in [5.41, 5.74) is -1.48. The molecule has 11 heteroatoms. The Balaban J connectivity index is 1.75. The highest BCUT2D eigenvalue weighted by Gasteiger charge is 2.33. The van der Waals surface area contributed by atoms with E-state index in [-0.39, 0.29) is 30.6 Å². The zero-order valence-electron chi connectivity index (χ0n) is 20.8. The Labute approximate surface area is 216 Å². The van der Waals surface area contributed by atoms with Crippen LogP contribution in [0.15, 0.2) is 53.5 Å². The molecule has 0 radical (unpaired) electrons. The Morgan fingerprint density at radius 3 is 2.43 bits per heavy atom. The highest BCUT2D eigenvalue weighted by Crippen LogP contribution is 2.35. The fraction of sp³-hybridized carbons (Fsp3) is 0.346. The normalized spacial score (nSPS) is 11.9. The van der Waals surface area contributed by atoms with Crippen molar-refractivity contribution in [1.82, 2.24) is 9.47 Å². The molecule has 3 rings (SSSR count). The maximum atomic E-state index is 13.1. The van der Waals surface area contributed by atoms with Crippen LogP contribution in [0, 0.1) is 0 Å². The molecule has 0 unspecified atom stereocenters. The minimum Gasteiger partial charge on any atom is -0.444 e. The van der Waals surface area contributed by atoms with E-state index < -0.39 is 34.4 Å². The van der Waals surface area contributed by atoms with Gasteiger partial charge >= 0.3 is 12.3 Å². The van der Waals surface area contributed by atoms with Gasteiger partial charge < -0.3 is 19.5 Å². The number of nitrogens with one attached hydrogen (secondary N) is 1. The summed E-state index contributed by atoms with van der Waals surface area (Å²) in [5, 5.41) is 3.04. The van der Waals surface area contributed by atoms with Gasteiger partial charge in [-0.25, -0.2) is 4.79 Å². The third-order valence-corrected chi connectivity index (χ3v) is 5.70. The number of amides is 2. The number of hydrogen-bond donors (Lipinski definition) is 1. The Kier molecular flexibility index (Phi) is 8.22. The average molecular weight is 538 g/mol. The van der Waals surface area contributed by atoms with E-state index in [1.807, 2.05) is 0 Å². The number of hydrogen-bond acceptors (Lipinski definition) is 4. The third kappa shape index (κ3) is 7.25. The van der Waals surface area contributed by atoms with Crippen LogP contribution in [0.25, 0.3) is 10.8 Å². The van der Waals surface area contributed by atoms with E-state index >= 15 is 0 Å². The van der Waals surface area contributed by atoms with Crippen molar-refractivity contribution in [2.45, 2.75) is 45.5 Å². The molecular weight excluding hydrogens is 511 g/mol. The van der Waals surface area contributed by atoms with E-state index in [4.69, 9.17) is 16.3 Å². The summed E-state index contributed by atoms with van der Waals surface area (Å²) in [5.74, 6) is -0.550. The minimum atomic E-state index is -4.64. The van der Waals surface area contributed by atoms with Gasteiger partial charge in [0.25, 0.3) is 5.56 Å². The van der Waals surface area contributed by atoms with Gasteiger partial charge in [0.1, 0.15) is 5.60 Å². The Hall–Kier alpha value is -3.53. The number of ether oxygens (including phenoxy) is 1. The number of likely N-dealkylation sites (N-methyl/N-ethyl adjacent to an activating group) is 1. The molecule has 7 nitrogen and oxygen atoms in total. The van der Waals surface area contributed by atoms with Crippen molar-refractivity contribution in [3.63, 3.8) is 0 Å². The first kappa shape index (κ1) is 28.0. The fourth-order valence-corrected chi connectivity index (χ4v) is 3.80. The first-order valence-electron chi connectivity index (χ1n) is 11.4. The van der Waals surface area contributed by atoms with Crippen LogP contribution in [0.2, 0.25) is 5.02 Å². The number of anilines is 1. The fourth-order valence-electron chi connectivity index (χ4n) is 3.57. The monoisotopic (exact) mass is 537 g/mol. The summed E-state index contributed by atoms with van der Waals surface area (Å²) in [6.07, 6.45) is -3.90. The van der Waals surface area contributed by atoms with Crippen molar-refractivity contribution in [3.8, 4) is 0 Å². The van der Waals surface area contributed by atoms with Crippen molar-refractivity contribution in [2.75, 3.05) is 18.9 Å². The lowest BCUT2D eigenvalue weighted by Crippen LogP contribution is -2.37. The van der Waals surface area contributed by atoms with E-state index in [1.165, 1.54) is 15.5 Å². The summed E-state index contributed by atoms with van der Waals surface area (Å²) in [4.78, 5) is 39.2. The lowest BCUT2D eigenvalue weighted by Gasteiger charge is -2.24. The van der Waals surface area contributed by atoms with Crippen molar-refractivity contribution < 1.29 is 27.5 Å². The van der Waals surface area contributed by atoms with E-state index in [1.54, 1.807) is 58.3 Å². The minimum absolute atomic E-state index is 0.144. The smallest absolute Gasteiger partial charge is 0.417 e. The summed E-state index contributed by atoms with van der Waals surface area (Å²) in [6.45, 7) is 5.74. The molecule has 0 saturated carbocycles. The van der Waals surface area contributed by atoms with E-state index in [0.29, 0.717) is 16.5 Å². The summed E-state index contributed by atoms with van der Waals surface area (Å²) in [7, 11) is 1.58. The number of rotatable bonds is 6. The second-order valence-corrected chi connectivity index (χ2v) is 9.93. The van der Waals surface area contributed by atoms with Crippen LogP contribution in [0.1, 0.15) is 31.9 Å². The van der Waals surface area contributed by atoms with Crippen molar-refractivity contribution in [1.29, 1.82) is 0 Å². The van der Waals surface area contributed by atoms with Crippen LogP contribution in [-0.4, -0.2) is 40.7 Å². The summed E-state index contributed by atoms with van der Waals surface area (Å²) < 4.78 is 46.1. The quantitative estimate of drug-likeness (QED) is 0.436. The predicted molar refractivity (Wildman–Crippen MR) is 136 cm³/mol. The van der Waals surface area contributed by atoms with Gasteiger partial charge in [0, 0.05) is 42.8 Å². The van der Waals surface area contributed by atoms with Gasteiger partial charge in [-0.05, 0) is 56.7 Å².